The van der Waals surface area contributed by atoms with Gasteiger partial charge in [0, 0.05) is 70.3 Å². The first-order valence-electron chi connectivity index (χ1n) is 28.3. The van der Waals surface area contributed by atoms with Crippen molar-refractivity contribution >= 4 is 5.91 Å². The van der Waals surface area contributed by atoms with Gasteiger partial charge in [-0.15, -0.1) is 0 Å². The average Bonchev–Trinajstić information content (AvgIpc) is 3.99. The fourth-order valence-corrected chi connectivity index (χ4v) is 9.62. The van der Waals surface area contributed by atoms with Crippen LogP contribution in [0.25, 0.3) is 0 Å². The lowest BCUT2D eigenvalue weighted by atomic mass is 9.75. The summed E-state index contributed by atoms with van der Waals surface area (Å²) in [4.78, 5) is 29.1. The van der Waals surface area contributed by atoms with E-state index >= 15 is 0 Å². The Hall–Kier alpha value is -1.82. The number of pyridine rings is 1. The Morgan fingerprint density at radius 3 is 1.31 bits per heavy atom. The smallest absolute Gasteiger partial charge is 0.248 e. The van der Waals surface area contributed by atoms with Gasteiger partial charge < -0.3 is 34.7 Å². The van der Waals surface area contributed by atoms with Crippen LogP contribution in [0.5, 0.6) is 0 Å². The second kappa shape index (κ2) is 30.7. The zero-order chi connectivity index (χ0) is 54.5. The van der Waals surface area contributed by atoms with Crippen LogP contribution in [0, 0.1) is 56.7 Å². The molecule has 6 aliphatic rings. The van der Waals surface area contributed by atoms with Crippen molar-refractivity contribution in [2.45, 2.75) is 208 Å². The number of amides is 1. The summed E-state index contributed by atoms with van der Waals surface area (Å²) >= 11 is 0. The van der Waals surface area contributed by atoms with Gasteiger partial charge in [0.15, 0.2) is 0 Å². The Bertz CT molecular complexity index is 1530. The van der Waals surface area contributed by atoms with E-state index < -0.39 is 0 Å². The number of nitrogens with one attached hydrogen (secondary N) is 3. The Kier molecular flexibility index (Phi) is 29.0. The fourth-order valence-electron chi connectivity index (χ4n) is 9.62. The summed E-state index contributed by atoms with van der Waals surface area (Å²) in [6.45, 7) is 61.2. The summed E-state index contributed by atoms with van der Waals surface area (Å²) in [5.74, 6) is 4.23. The molecule has 1 aromatic heterocycles. The molecule has 10 heteroatoms. The van der Waals surface area contributed by atoms with E-state index in [-0.39, 0.29) is 22.3 Å². The highest BCUT2D eigenvalue weighted by Crippen LogP contribution is 2.36. The van der Waals surface area contributed by atoms with Gasteiger partial charge in [-0.1, -0.05) is 125 Å². The van der Waals surface area contributed by atoms with Crippen LogP contribution < -0.4 is 16.2 Å². The van der Waals surface area contributed by atoms with E-state index in [4.69, 9.17) is 14.2 Å². The van der Waals surface area contributed by atoms with Crippen molar-refractivity contribution in [3.05, 3.63) is 34.2 Å². The fraction of sp³-hybridized carbons (Fsp3) is 0.902. The Labute approximate surface area is 439 Å². The Balaban J connectivity index is 0.000000414. The molecule has 1 amide bonds. The number of nitrogens with zero attached hydrogens (tertiary/aromatic N) is 2. The van der Waals surface area contributed by atoms with Gasteiger partial charge in [0.1, 0.15) is 0 Å². The first-order chi connectivity index (χ1) is 32.4. The minimum Gasteiger partial charge on any atom is -0.381 e. The molecule has 3 unspecified atom stereocenters. The Morgan fingerprint density at radius 1 is 0.521 bits per heavy atom. The van der Waals surface area contributed by atoms with Crippen LogP contribution in [0.1, 0.15) is 202 Å². The van der Waals surface area contributed by atoms with Crippen LogP contribution in [0.15, 0.2) is 23.1 Å². The van der Waals surface area contributed by atoms with E-state index in [0.717, 1.165) is 88.5 Å². The van der Waals surface area contributed by atoms with Crippen molar-refractivity contribution in [3.63, 3.8) is 0 Å². The highest BCUT2D eigenvalue weighted by atomic mass is 16.5. The van der Waals surface area contributed by atoms with Crippen molar-refractivity contribution < 1.29 is 19.0 Å². The maximum atomic E-state index is 10.9. The van der Waals surface area contributed by atoms with Gasteiger partial charge in [-0.25, -0.2) is 0 Å². The van der Waals surface area contributed by atoms with E-state index in [1.807, 2.05) is 6.07 Å². The van der Waals surface area contributed by atoms with Crippen LogP contribution in [-0.2, 0) is 24.4 Å². The molecule has 0 saturated carbocycles. The summed E-state index contributed by atoms with van der Waals surface area (Å²) in [5.41, 5.74) is 3.69. The third-order valence-electron chi connectivity index (χ3n) is 15.9. The molecule has 6 aliphatic heterocycles. The summed E-state index contributed by atoms with van der Waals surface area (Å²) in [7, 11) is 2.22. The minimum absolute atomic E-state index is 0.0302. The minimum atomic E-state index is -0.0302. The number of rotatable bonds is 0. The summed E-state index contributed by atoms with van der Waals surface area (Å²) in [6.07, 6.45) is 11.6. The van der Waals surface area contributed by atoms with E-state index in [9.17, 15) is 9.59 Å². The molecule has 0 aromatic carbocycles. The molecular weight excluding hydrogens is 883 g/mol. The predicted octanol–water partition coefficient (Wildman–Crippen LogP) is 12.9. The molecule has 0 bridgehead atoms. The van der Waals surface area contributed by atoms with Crippen LogP contribution in [0.4, 0.5) is 0 Å². The maximum Gasteiger partial charge on any atom is 0.248 e. The molecule has 6 saturated heterocycles. The van der Waals surface area contributed by atoms with Gasteiger partial charge in [-0.2, -0.15) is 0 Å². The van der Waals surface area contributed by atoms with Gasteiger partial charge >= 0.3 is 0 Å². The van der Waals surface area contributed by atoms with E-state index in [0.29, 0.717) is 39.5 Å². The molecule has 0 radical (unpaired) electrons. The molecule has 7 heterocycles. The number of morpholine rings is 1. The molecule has 1 aromatic rings. The first kappa shape index (κ1) is 67.2. The molecule has 3 N–H and O–H groups in total. The van der Waals surface area contributed by atoms with E-state index in [1.165, 1.54) is 71.1 Å². The van der Waals surface area contributed by atoms with E-state index in [2.05, 4.69) is 178 Å². The van der Waals surface area contributed by atoms with Crippen molar-refractivity contribution in [1.82, 2.24) is 25.4 Å². The Morgan fingerprint density at radius 2 is 1.01 bits per heavy atom. The van der Waals surface area contributed by atoms with Gasteiger partial charge in [-0.3, -0.25) is 14.5 Å². The summed E-state index contributed by atoms with van der Waals surface area (Å²) in [6, 6.07) is 3.57. The van der Waals surface area contributed by atoms with E-state index in [1.54, 1.807) is 12.3 Å². The zero-order valence-electron chi connectivity index (χ0n) is 50.9. The average molecular weight is 1000 g/mol. The second-order valence-corrected chi connectivity index (χ2v) is 29.1. The van der Waals surface area contributed by atoms with Gasteiger partial charge in [0.05, 0.1) is 13.2 Å². The molecule has 0 aliphatic carbocycles. The predicted molar refractivity (Wildman–Crippen MR) is 305 cm³/mol. The van der Waals surface area contributed by atoms with Crippen LogP contribution >= 0.6 is 0 Å². The van der Waals surface area contributed by atoms with Crippen LogP contribution in [0.3, 0.4) is 0 Å². The third-order valence-corrected chi connectivity index (χ3v) is 15.9. The largest absolute Gasteiger partial charge is 0.381 e. The molecule has 10 nitrogen and oxygen atoms in total. The number of ether oxygens (including phenoxy) is 3. The summed E-state index contributed by atoms with van der Waals surface area (Å²) < 4.78 is 16.0. The lowest BCUT2D eigenvalue weighted by Gasteiger charge is -2.38. The number of likely N-dealkylation sites (tertiary alicyclic amines) is 1. The first-order valence-corrected chi connectivity index (χ1v) is 28.3. The maximum absolute atomic E-state index is 10.9. The molecule has 7 rings (SSSR count). The van der Waals surface area contributed by atoms with Crippen LogP contribution in [0.2, 0.25) is 0 Å². The van der Waals surface area contributed by atoms with Crippen LogP contribution in [-0.4, -0.2) is 119 Å². The zero-order valence-corrected chi connectivity index (χ0v) is 50.9. The number of carbonyl (C=O) groups is 1. The van der Waals surface area contributed by atoms with Gasteiger partial charge in [0.25, 0.3) is 0 Å². The number of carbonyl (C=O) groups excluding carboxylic acids is 1. The molecular formula is C61H119N5O5. The standard InChI is InChI=1S/C10H21N.C9H13NO.2C9H18O.C8H17NO.C8H15NO.C8H17N/c1-10(2,3)9-5-7-11(4)8-6-9;1-9(2,3)7-4-5-10-8(11)6-7;1-9(2,3)8-4-6-10-7-5-8;1-9(2,3)8-5-4-6-10-7-8;1-8(2,3)9-4-6-10-7-5-9;1-8(2,3)6-4-7(10)9-5-6;1-8(2,3)7-4-5-9-6-7/h9H,5-8H2,1-4H3;4-6H,1-3H3,(H,10,11);2*8H,4-7H2,1-3H3;4-7H2,1-3H3;6H,4-5H2,1-3H3,(H,9,10);7,9H,4-6H2,1-3H3. The number of H-pyrrole nitrogens is 1. The normalized spacial score (nSPS) is 23.5. The van der Waals surface area contributed by atoms with Crippen molar-refractivity contribution in [1.29, 1.82) is 0 Å². The topological polar surface area (TPSA) is 108 Å². The highest BCUT2D eigenvalue weighted by Gasteiger charge is 2.32. The quantitative estimate of drug-likeness (QED) is 0.236. The van der Waals surface area contributed by atoms with Crippen molar-refractivity contribution in [3.8, 4) is 0 Å². The second-order valence-electron chi connectivity index (χ2n) is 29.1. The van der Waals surface area contributed by atoms with Gasteiger partial charge in [0.2, 0.25) is 11.5 Å². The molecule has 6 fully saturated rings. The van der Waals surface area contributed by atoms with Crippen molar-refractivity contribution in [2.75, 3.05) is 92.5 Å². The molecule has 3 atom stereocenters. The highest BCUT2D eigenvalue weighted by molar-refractivity contribution is 5.78. The molecule has 0 spiro atoms. The number of hydrogen-bond acceptors (Lipinski definition) is 8. The lowest BCUT2D eigenvalue weighted by Crippen LogP contribution is -2.47. The number of aromatic amines is 1. The lowest BCUT2D eigenvalue weighted by molar-refractivity contribution is -0.119. The monoisotopic (exact) mass is 1000 g/mol. The number of hydrogen-bond donors (Lipinski definition) is 3. The SMILES string of the molecule is CC(C)(C)C1CCCOC1.CC(C)(C)C1CCNC1.CC(C)(C)C1CCOCC1.CC(C)(C)C1CNC(=O)C1.CC(C)(C)N1CCOCC1.CC(C)(C)c1cc[nH]c(=O)c1.CN1CCC(C(C)(C)C)CC1. The molecule has 418 valence electrons. The number of piperidine rings is 1. The summed E-state index contributed by atoms with van der Waals surface area (Å²) in [5, 5.41) is 6.22. The van der Waals surface area contributed by atoms with Crippen molar-refractivity contribution in [2.24, 2.45) is 56.7 Å². The van der Waals surface area contributed by atoms with Gasteiger partial charge in [-0.05, 0) is 173 Å². The molecule has 71 heavy (non-hydrogen) atoms. The number of aromatic nitrogens is 1. The third kappa shape index (κ3) is 29.8.